The minimum Gasteiger partial charge on any atom is -0.384 e. The average Bonchev–Trinajstić information content (AvgIpc) is 2.41. The number of hydrogen-bond donors (Lipinski definition) is 1. The molecule has 2 aromatic rings. The summed E-state index contributed by atoms with van der Waals surface area (Å²) in [7, 11) is 0. The maximum Gasteiger partial charge on any atom is 0.0997 e. The maximum absolute atomic E-state index is 11.4. The van der Waals surface area contributed by atoms with E-state index in [-0.39, 0.29) is 5.41 Å². The number of ether oxygens (including phenoxy) is 1. The lowest BCUT2D eigenvalue weighted by Crippen LogP contribution is -2.49. The Morgan fingerprint density at radius 1 is 1.30 bits per heavy atom. The lowest BCUT2D eigenvalue weighted by molar-refractivity contribution is -0.161. The van der Waals surface area contributed by atoms with Crippen molar-refractivity contribution in [2.75, 3.05) is 13.2 Å². The molecular weight excluding hydrogens is 250 g/mol. The van der Waals surface area contributed by atoms with Crippen LogP contribution in [0.2, 0.25) is 0 Å². The summed E-state index contributed by atoms with van der Waals surface area (Å²) in [6.45, 7) is 7.32. The molecule has 0 radical (unpaired) electrons. The van der Waals surface area contributed by atoms with E-state index in [1.165, 1.54) is 0 Å². The predicted molar refractivity (Wildman–Crippen MR) is 79.6 cm³/mol. The summed E-state index contributed by atoms with van der Waals surface area (Å²) in [5.74, 6) is 0. The first kappa shape index (κ1) is 13.5. The molecule has 1 aliphatic rings. The van der Waals surface area contributed by atoms with Crippen LogP contribution in [-0.2, 0) is 10.3 Å². The lowest BCUT2D eigenvalue weighted by Gasteiger charge is -2.46. The molecule has 0 aliphatic carbocycles. The molecule has 1 aromatic heterocycles. The van der Waals surface area contributed by atoms with Gasteiger partial charge < -0.3 is 9.84 Å². The summed E-state index contributed by atoms with van der Waals surface area (Å²) in [4.78, 5) is 4.47. The van der Waals surface area contributed by atoms with E-state index in [0.717, 1.165) is 22.0 Å². The van der Waals surface area contributed by atoms with E-state index < -0.39 is 5.60 Å². The second-order valence-corrected chi connectivity index (χ2v) is 6.43. The van der Waals surface area contributed by atoms with Gasteiger partial charge in [-0.3, -0.25) is 4.98 Å². The van der Waals surface area contributed by atoms with E-state index in [4.69, 9.17) is 4.74 Å². The fourth-order valence-electron chi connectivity index (χ4n) is 3.12. The molecule has 3 heteroatoms. The monoisotopic (exact) mass is 271 g/mol. The van der Waals surface area contributed by atoms with Gasteiger partial charge in [0.25, 0.3) is 0 Å². The van der Waals surface area contributed by atoms with Gasteiger partial charge in [0.05, 0.1) is 17.7 Å². The second kappa shape index (κ2) is 4.54. The van der Waals surface area contributed by atoms with Gasteiger partial charge in [-0.05, 0) is 30.2 Å². The molecule has 0 saturated carbocycles. The Balaban J connectivity index is 2.25. The summed E-state index contributed by atoms with van der Waals surface area (Å²) in [6.07, 6.45) is 2.48. The third-order valence-electron chi connectivity index (χ3n) is 4.50. The summed E-state index contributed by atoms with van der Waals surface area (Å²) in [6, 6.07) is 8.11. The van der Waals surface area contributed by atoms with Crippen molar-refractivity contribution in [3.8, 4) is 0 Å². The van der Waals surface area contributed by atoms with Crippen molar-refractivity contribution >= 4 is 10.9 Å². The molecule has 0 amide bonds. The van der Waals surface area contributed by atoms with Gasteiger partial charge >= 0.3 is 0 Å². The smallest absolute Gasteiger partial charge is 0.0997 e. The van der Waals surface area contributed by atoms with Crippen LogP contribution in [0.15, 0.2) is 30.5 Å². The molecule has 1 aromatic carbocycles. The predicted octanol–water partition coefficient (Wildman–Crippen LogP) is 3.18. The van der Waals surface area contributed by atoms with Crippen molar-refractivity contribution in [1.29, 1.82) is 0 Å². The summed E-state index contributed by atoms with van der Waals surface area (Å²) in [5, 5.41) is 12.4. The van der Waals surface area contributed by atoms with E-state index in [1.807, 2.05) is 31.3 Å². The van der Waals surface area contributed by atoms with E-state index in [9.17, 15) is 5.11 Å². The molecule has 1 saturated heterocycles. The summed E-state index contributed by atoms with van der Waals surface area (Å²) >= 11 is 0. The molecule has 3 rings (SSSR count). The largest absolute Gasteiger partial charge is 0.384 e. The van der Waals surface area contributed by atoms with Gasteiger partial charge in [0.1, 0.15) is 0 Å². The van der Waals surface area contributed by atoms with Gasteiger partial charge in [0.15, 0.2) is 0 Å². The van der Waals surface area contributed by atoms with Crippen molar-refractivity contribution < 1.29 is 9.84 Å². The van der Waals surface area contributed by atoms with Gasteiger partial charge in [0, 0.05) is 30.0 Å². The molecule has 0 spiro atoms. The third-order valence-corrected chi connectivity index (χ3v) is 4.50. The van der Waals surface area contributed by atoms with Crippen LogP contribution in [0.3, 0.4) is 0 Å². The normalized spacial score (nSPS) is 25.8. The molecule has 1 N–H and O–H groups in total. The first-order valence-corrected chi connectivity index (χ1v) is 7.10. The fourth-order valence-corrected chi connectivity index (χ4v) is 3.12. The van der Waals surface area contributed by atoms with Gasteiger partial charge in [-0.15, -0.1) is 0 Å². The number of rotatable bonds is 1. The Hall–Kier alpha value is -1.45. The zero-order chi connectivity index (χ0) is 14.4. The van der Waals surface area contributed by atoms with E-state index >= 15 is 0 Å². The van der Waals surface area contributed by atoms with Crippen LogP contribution in [0.25, 0.3) is 10.9 Å². The Bertz CT molecular complexity index is 650. The first-order chi connectivity index (χ1) is 9.44. The Labute approximate surface area is 119 Å². The number of pyridine rings is 1. The Morgan fingerprint density at radius 2 is 2.10 bits per heavy atom. The molecule has 1 atom stereocenters. The quantitative estimate of drug-likeness (QED) is 0.866. The fraction of sp³-hybridized carbons (Fsp3) is 0.471. The van der Waals surface area contributed by atoms with Crippen molar-refractivity contribution in [2.45, 2.75) is 32.8 Å². The van der Waals surface area contributed by atoms with E-state index in [2.05, 4.69) is 24.9 Å². The molecule has 0 bridgehead atoms. The van der Waals surface area contributed by atoms with Crippen LogP contribution in [0, 0.1) is 12.3 Å². The summed E-state index contributed by atoms with van der Waals surface area (Å²) < 4.78 is 5.56. The van der Waals surface area contributed by atoms with Gasteiger partial charge in [-0.25, -0.2) is 0 Å². The number of nitrogens with zero attached hydrogens (tertiary/aromatic N) is 1. The number of aromatic nitrogens is 1. The summed E-state index contributed by atoms with van der Waals surface area (Å²) in [5.41, 5.74) is 1.82. The van der Waals surface area contributed by atoms with Crippen molar-refractivity contribution in [3.63, 3.8) is 0 Å². The third kappa shape index (κ3) is 1.93. The highest BCUT2D eigenvalue weighted by molar-refractivity contribution is 5.83. The van der Waals surface area contributed by atoms with E-state index in [1.54, 1.807) is 0 Å². The van der Waals surface area contributed by atoms with Crippen LogP contribution in [0.4, 0.5) is 0 Å². The highest BCUT2D eigenvalue weighted by Gasteiger charge is 2.48. The van der Waals surface area contributed by atoms with Gasteiger partial charge in [-0.1, -0.05) is 26.0 Å². The molecular formula is C17H21NO2. The average molecular weight is 271 g/mol. The van der Waals surface area contributed by atoms with Crippen LogP contribution < -0.4 is 0 Å². The van der Waals surface area contributed by atoms with Gasteiger partial charge in [-0.2, -0.15) is 0 Å². The van der Waals surface area contributed by atoms with Crippen LogP contribution in [0.5, 0.6) is 0 Å². The maximum atomic E-state index is 11.4. The zero-order valence-corrected chi connectivity index (χ0v) is 12.3. The molecule has 1 fully saturated rings. The highest BCUT2D eigenvalue weighted by atomic mass is 16.5. The molecule has 1 aliphatic heterocycles. The highest BCUT2D eigenvalue weighted by Crippen LogP contribution is 2.47. The molecule has 3 nitrogen and oxygen atoms in total. The van der Waals surface area contributed by atoms with E-state index in [0.29, 0.717) is 19.6 Å². The standard InChI is InChI=1S/C17H21NO2/c1-12-9-13-14(5-4-6-15(13)18-10-12)17(19)7-8-20-11-16(17,2)3/h4-6,9-10,19H,7-8,11H2,1-3H3. The van der Waals surface area contributed by atoms with Gasteiger partial charge in [0.2, 0.25) is 0 Å². The number of hydrogen-bond acceptors (Lipinski definition) is 3. The van der Waals surface area contributed by atoms with Crippen LogP contribution in [-0.4, -0.2) is 23.3 Å². The Morgan fingerprint density at radius 3 is 2.85 bits per heavy atom. The molecule has 20 heavy (non-hydrogen) atoms. The van der Waals surface area contributed by atoms with Crippen molar-refractivity contribution in [2.24, 2.45) is 5.41 Å². The number of benzene rings is 1. The molecule has 1 unspecified atom stereocenters. The van der Waals surface area contributed by atoms with Crippen molar-refractivity contribution in [1.82, 2.24) is 4.98 Å². The number of aryl methyl sites for hydroxylation is 1. The molecule has 2 heterocycles. The SMILES string of the molecule is Cc1cnc2cccc(C3(O)CCOCC3(C)C)c2c1. The second-order valence-electron chi connectivity index (χ2n) is 6.43. The minimum atomic E-state index is -0.875. The minimum absolute atomic E-state index is 0.316. The topological polar surface area (TPSA) is 42.4 Å². The van der Waals surface area contributed by atoms with Crippen molar-refractivity contribution in [3.05, 3.63) is 41.6 Å². The zero-order valence-electron chi connectivity index (χ0n) is 12.3. The van der Waals surface area contributed by atoms with Crippen LogP contribution in [0.1, 0.15) is 31.4 Å². The molecule has 106 valence electrons. The Kier molecular flexibility index (Phi) is 3.07. The number of fused-ring (bicyclic) bond motifs is 1. The van der Waals surface area contributed by atoms with Crippen LogP contribution >= 0.6 is 0 Å². The first-order valence-electron chi connectivity index (χ1n) is 7.10. The lowest BCUT2D eigenvalue weighted by atomic mass is 9.67. The number of aliphatic hydroxyl groups is 1.